The lowest BCUT2D eigenvalue weighted by Crippen LogP contribution is -2.31. The summed E-state index contributed by atoms with van der Waals surface area (Å²) in [4.78, 5) is 25.9. The van der Waals surface area contributed by atoms with Crippen LogP contribution >= 0.6 is 0 Å². The Morgan fingerprint density at radius 3 is 2.55 bits per heavy atom. The van der Waals surface area contributed by atoms with Crippen LogP contribution in [0.2, 0.25) is 0 Å². The molecule has 0 radical (unpaired) electrons. The Morgan fingerprint density at radius 1 is 1.14 bits per heavy atom. The molecule has 3 rings (SSSR count). The van der Waals surface area contributed by atoms with E-state index >= 15 is 0 Å². The first-order valence-electron chi connectivity index (χ1n) is 7.01. The van der Waals surface area contributed by atoms with Crippen LogP contribution in [-0.4, -0.2) is 25.7 Å². The summed E-state index contributed by atoms with van der Waals surface area (Å²) in [6.45, 7) is 0.498. The Balaban J connectivity index is 2.05. The van der Waals surface area contributed by atoms with Crippen LogP contribution in [0.4, 0.5) is 10.5 Å². The molecule has 0 spiro atoms. The molecule has 0 aromatic heterocycles. The quantitative estimate of drug-likeness (QED) is 0.886. The number of rotatable bonds is 3. The van der Waals surface area contributed by atoms with Crippen molar-refractivity contribution in [3.63, 3.8) is 0 Å². The van der Waals surface area contributed by atoms with Gasteiger partial charge in [0.2, 0.25) is 0 Å². The molecule has 2 amide bonds. The highest BCUT2D eigenvalue weighted by molar-refractivity contribution is 6.03. The molecule has 5 nitrogen and oxygen atoms in total. The van der Waals surface area contributed by atoms with Gasteiger partial charge in [0.25, 0.3) is 0 Å². The van der Waals surface area contributed by atoms with Crippen molar-refractivity contribution in [2.75, 3.05) is 18.6 Å². The van der Waals surface area contributed by atoms with Crippen LogP contribution in [0, 0.1) is 0 Å². The first-order valence-corrected chi connectivity index (χ1v) is 7.01. The average Bonchev–Trinajstić information content (AvgIpc) is 2.96. The van der Waals surface area contributed by atoms with Gasteiger partial charge in [-0.25, -0.2) is 9.59 Å². The van der Waals surface area contributed by atoms with Crippen LogP contribution in [0.3, 0.4) is 0 Å². The summed E-state index contributed by atoms with van der Waals surface area (Å²) in [6.07, 6.45) is 0. The Bertz CT molecular complexity index is 700. The Hall–Kier alpha value is -2.82. The van der Waals surface area contributed by atoms with Crippen LogP contribution in [-0.2, 0) is 4.74 Å². The largest absolute Gasteiger partial charge is 0.465 e. The number of carbonyl (C=O) groups excluding carboxylic acids is 2. The molecule has 1 N–H and O–H groups in total. The molecule has 1 unspecified atom stereocenters. The highest BCUT2D eigenvalue weighted by atomic mass is 16.5. The van der Waals surface area contributed by atoms with Gasteiger partial charge in [-0.3, -0.25) is 4.90 Å². The van der Waals surface area contributed by atoms with E-state index in [1.807, 2.05) is 30.3 Å². The third-order valence-corrected chi connectivity index (χ3v) is 3.73. The molecule has 1 aliphatic rings. The van der Waals surface area contributed by atoms with Crippen molar-refractivity contribution in [2.45, 2.75) is 6.04 Å². The van der Waals surface area contributed by atoms with Gasteiger partial charge >= 0.3 is 12.0 Å². The third-order valence-electron chi connectivity index (χ3n) is 3.73. The first-order chi connectivity index (χ1) is 10.7. The first kappa shape index (κ1) is 14.1. The molecule has 2 aromatic rings. The van der Waals surface area contributed by atoms with Gasteiger partial charge in [0.1, 0.15) is 0 Å². The van der Waals surface area contributed by atoms with Crippen LogP contribution in [0.25, 0.3) is 0 Å². The molecule has 5 heteroatoms. The van der Waals surface area contributed by atoms with Crippen molar-refractivity contribution in [1.82, 2.24) is 5.32 Å². The normalized spacial score (nSPS) is 17.2. The van der Waals surface area contributed by atoms with Crippen LogP contribution in [0.1, 0.15) is 22.0 Å². The summed E-state index contributed by atoms with van der Waals surface area (Å²) in [7, 11) is 1.33. The highest BCUT2D eigenvalue weighted by Gasteiger charge is 2.35. The SMILES string of the molecule is COC(=O)c1ccccc1N1C(=O)NCC1c1ccccc1. The van der Waals surface area contributed by atoms with Gasteiger partial charge in [-0.15, -0.1) is 0 Å². The van der Waals surface area contributed by atoms with Gasteiger partial charge in [0.15, 0.2) is 0 Å². The zero-order chi connectivity index (χ0) is 15.5. The van der Waals surface area contributed by atoms with Gasteiger partial charge in [0, 0.05) is 6.54 Å². The highest BCUT2D eigenvalue weighted by Crippen LogP contribution is 2.33. The average molecular weight is 296 g/mol. The summed E-state index contributed by atoms with van der Waals surface area (Å²) in [5.74, 6) is -0.456. The number of ether oxygens (including phenoxy) is 1. The maximum absolute atomic E-state index is 12.3. The number of esters is 1. The van der Waals surface area contributed by atoms with E-state index in [0.29, 0.717) is 17.8 Å². The lowest BCUT2D eigenvalue weighted by molar-refractivity contribution is 0.0601. The molecule has 112 valence electrons. The summed E-state index contributed by atoms with van der Waals surface area (Å²) < 4.78 is 4.82. The van der Waals surface area contributed by atoms with Gasteiger partial charge in [-0.2, -0.15) is 0 Å². The predicted molar refractivity (Wildman–Crippen MR) is 82.8 cm³/mol. The summed E-state index contributed by atoms with van der Waals surface area (Å²) in [5.41, 5.74) is 1.95. The number of anilines is 1. The number of benzene rings is 2. The Kier molecular flexibility index (Phi) is 3.78. The van der Waals surface area contributed by atoms with E-state index in [4.69, 9.17) is 4.74 Å². The van der Waals surface area contributed by atoms with Crippen molar-refractivity contribution in [2.24, 2.45) is 0 Å². The van der Waals surface area contributed by atoms with E-state index in [1.165, 1.54) is 7.11 Å². The van der Waals surface area contributed by atoms with Gasteiger partial charge in [-0.05, 0) is 17.7 Å². The molecule has 2 aromatic carbocycles. The maximum atomic E-state index is 12.3. The van der Waals surface area contributed by atoms with Gasteiger partial charge in [-0.1, -0.05) is 42.5 Å². The second-order valence-corrected chi connectivity index (χ2v) is 4.99. The van der Waals surface area contributed by atoms with Crippen molar-refractivity contribution in [3.8, 4) is 0 Å². The molecule has 1 heterocycles. The lowest BCUT2D eigenvalue weighted by Gasteiger charge is -2.25. The second-order valence-electron chi connectivity index (χ2n) is 4.99. The van der Waals surface area contributed by atoms with Crippen molar-refractivity contribution in [3.05, 3.63) is 65.7 Å². The zero-order valence-electron chi connectivity index (χ0n) is 12.2. The van der Waals surface area contributed by atoms with E-state index < -0.39 is 5.97 Å². The number of nitrogens with zero attached hydrogens (tertiary/aromatic N) is 1. The molecule has 0 bridgehead atoms. The van der Waals surface area contributed by atoms with E-state index in [9.17, 15) is 9.59 Å². The number of methoxy groups -OCH3 is 1. The fourth-order valence-electron chi connectivity index (χ4n) is 2.69. The van der Waals surface area contributed by atoms with Gasteiger partial charge < -0.3 is 10.1 Å². The lowest BCUT2D eigenvalue weighted by atomic mass is 10.0. The van der Waals surface area contributed by atoms with Crippen LogP contribution in [0.5, 0.6) is 0 Å². The minimum Gasteiger partial charge on any atom is -0.465 e. The second kappa shape index (κ2) is 5.89. The Morgan fingerprint density at radius 2 is 1.82 bits per heavy atom. The number of carbonyl (C=O) groups is 2. The molecule has 0 saturated carbocycles. The number of amides is 2. The van der Waals surface area contributed by atoms with E-state index in [0.717, 1.165) is 5.56 Å². The smallest absolute Gasteiger partial charge is 0.339 e. The Labute approximate surface area is 128 Å². The number of hydrogen-bond acceptors (Lipinski definition) is 3. The molecular formula is C17H16N2O3. The van der Waals surface area contributed by atoms with Gasteiger partial charge in [0.05, 0.1) is 24.4 Å². The number of hydrogen-bond donors (Lipinski definition) is 1. The standard InChI is InChI=1S/C17H16N2O3/c1-22-16(20)13-9-5-6-10-14(13)19-15(11-18-17(19)21)12-7-3-2-4-8-12/h2-10,15H,11H2,1H3,(H,18,21). The molecular weight excluding hydrogens is 280 g/mol. The molecule has 1 aliphatic heterocycles. The van der Waals surface area contributed by atoms with E-state index in [1.54, 1.807) is 29.2 Å². The molecule has 0 aliphatic carbocycles. The molecule has 1 fully saturated rings. The number of urea groups is 1. The summed E-state index contributed by atoms with van der Waals surface area (Å²) in [6, 6.07) is 16.3. The van der Waals surface area contributed by atoms with E-state index in [2.05, 4.69) is 5.32 Å². The molecule has 1 saturated heterocycles. The van der Waals surface area contributed by atoms with Crippen molar-refractivity contribution < 1.29 is 14.3 Å². The summed E-state index contributed by atoms with van der Waals surface area (Å²) >= 11 is 0. The number of nitrogens with one attached hydrogen (secondary N) is 1. The molecule has 1 atom stereocenters. The topological polar surface area (TPSA) is 58.6 Å². The zero-order valence-corrected chi connectivity index (χ0v) is 12.2. The monoisotopic (exact) mass is 296 g/mol. The third kappa shape index (κ3) is 2.41. The van der Waals surface area contributed by atoms with E-state index in [-0.39, 0.29) is 12.1 Å². The summed E-state index contributed by atoms with van der Waals surface area (Å²) in [5, 5.41) is 2.84. The van der Waals surface area contributed by atoms with Crippen LogP contribution < -0.4 is 10.2 Å². The van der Waals surface area contributed by atoms with Crippen molar-refractivity contribution >= 4 is 17.7 Å². The fraction of sp³-hybridized carbons (Fsp3) is 0.176. The minimum absolute atomic E-state index is 0.153. The maximum Gasteiger partial charge on any atom is 0.339 e. The number of para-hydroxylation sites is 1. The minimum atomic E-state index is -0.456. The van der Waals surface area contributed by atoms with Crippen molar-refractivity contribution in [1.29, 1.82) is 0 Å². The molecule has 22 heavy (non-hydrogen) atoms. The fourth-order valence-corrected chi connectivity index (χ4v) is 2.69. The van der Waals surface area contributed by atoms with Crippen LogP contribution in [0.15, 0.2) is 54.6 Å². The predicted octanol–water partition coefficient (Wildman–Crippen LogP) is 2.74.